The second-order valence-electron chi connectivity index (χ2n) is 0. The molecular formula is Al2CdSn. The van der Waals surface area contributed by atoms with Crippen LogP contribution >= 0.6 is 0 Å². The van der Waals surface area contributed by atoms with Gasteiger partial charge in [-0.05, 0) is 0 Å². The normalized spacial score (nSPS) is 0. The number of hydrogen-bond acceptors (Lipinski definition) is 0. The smallest absolute Gasteiger partial charge is 0 e. The third-order valence-electron chi connectivity index (χ3n) is 0. The Kier molecular flexibility index (Phi) is 125. The van der Waals surface area contributed by atoms with Crippen LogP contribution < -0.4 is 0 Å². The van der Waals surface area contributed by atoms with E-state index in [2.05, 4.69) is 0 Å². The Morgan fingerprint density at radius 1 is 0.750 bits per heavy atom. The van der Waals surface area contributed by atoms with Gasteiger partial charge in [-0.15, -0.1) is 0 Å². The van der Waals surface area contributed by atoms with Gasteiger partial charge in [-0.2, -0.15) is 0 Å². The summed E-state index contributed by atoms with van der Waals surface area (Å²) in [4.78, 5) is 0. The SMILES string of the molecule is [Al].[Al].[Cd].[Sn]. The Balaban J connectivity index is 0. The van der Waals surface area contributed by atoms with E-state index in [1.165, 1.54) is 0 Å². The van der Waals surface area contributed by atoms with Crippen molar-refractivity contribution in [3.63, 3.8) is 0 Å². The fraction of sp³-hybridized carbons (Fsp3) is 0. The summed E-state index contributed by atoms with van der Waals surface area (Å²) in [7, 11) is 0. The minimum atomic E-state index is 0. The Morgan fingerprint density at radius 3 is 0.750 bits per heavy atom. The molecule has 0 heterocycles. The van der Waals surface area contributed by atoms with E-state index in [1.54, 1.807) is 0 Å². The summed E-state index contributed by atoms with van der Waals surface area (Å²) >= 11 is 0. The average Bonchev–Trinajstić information content (AvgIpc) is 0. The summed E-state index contributed by atoms with van der Waals surface area (Å²) < 4.78 is 0. The topological polar surface area (TPSA) is 0 Å². The second kappa shape index (κ2) is 17.1. The molecule has 0 atom stereocenters. The van der Waals surface area contributed by atoms with E-state index in [0.29, 0.717) is 0 Å². The molecule has 0 aliphatic carbocycles. The monoisotopic (exact) mass is 288 g/mol. The van der Waals surface area contributed by atoms with Crippen molar-refractivity contribution in [2.75, 3.05) is 0 Å². The molecule has 0 spiro atoms. The van der Waals surface area contributed by atoms with E-state index in [9.17, 15) is 0 Å². The van der Waals surface area contributed by atoms with Crippen LogP contribution in [0.4, 0.5) is 0 Å². The van der Waals surface area contributed by atoms with Crippen LogP contribution in [0, 0.1) is 0 Å². The molecule has 0 saturated heterocycles. The van der Waals surface area contributed by atoms with Gasteiger partial charge in [-0.3, -0.25) is 0 Å². The van der Waals surface area contributed by atoms with Crippen molar-refractivity contribution in [1.29, 1.82) is 0 Å². The van der Waals surface area contributed by atoms with Crippen molar-refractivity contribution < 1.29 is 27.3 Å². The van der Waals surface area contributed by atoms with E-state index < -0.39 is 0 Å². The molecule has 0 aromatic carbocycles. The molecule has 0 saturated carbocycles. The first kappa shape index (κ1) is 29.3. The fourth-order valence-corrected chi connectivity index (χ4v) is 0. The van der Waals surface area contributed by atoms with Crippen molar-refractivity contribution in [2.24, 2.45) is 0 Å². The molecule has 0 rings (SSSR count). The Labute approximate surface area is 84.5 Å². The van der Waals surface area contributed by atoms with Gasteiger partial charge in [-0.1, -0.05) is 0 Å². The Morgan fingerprint density at radius 2 is 0.750 bits per heavy atom. The summed E-state index contributed by atoms with van der Waals surface area (Å²) in [6.07, 6.45) is 0. The minimum Gasteiger partial charge on any atom is 0 e. The maximum absolute atomic E-state index is 0. The van der Waals surface area contributed by atoms with Crippen LogP contribution in [0.1, 0.15) is 0 Å². The predicted molar refractivity (Wildman–Crippen MR) is 17.3 cm³/mol. The van der Waals surface area contributed by atoms with Crippen LogP contribution in [0.5, 0.6) is 0 Å². The molecule has 0 aliphatic heterocycles. The van der Waals surface area contributed by atoms with Gasteiger partial charge in [-0.25, -0.2) is 0 Å². The van der Waals surface area contributed by atoms with Crippen molar-refractivity contribution in [3.8, 4) is 0 Å². The molecule has 0 N–H and O–H groups in total. The summed E-state index contributed by atoms with van der Waals surface area (Å²) in [5.74, 6) is 0. The number of rotatable bonds is 0. The molecule has 0 bridgehead atoms. The third kappa shape index (κ3) is 8.84. The van der Waals surface area contributed by atoms with Crippen molar-refractivity contribution >= 4 is 58.6 Å². The van der Waals surface area contributed by atoms with Gasteiger partial charge in [0.15, 0.2) is 0 Å². The summed E-state index contributed by atoms with van der Waals surface area (Å²) in [6.45, 7) is 0. The summed E-state index contributed by atoms with van der Waals surface area (Å²) in [5.41, 5.74) is 0. The molecule has 0 nitrogen and oxygen atoms in total. The molecule has 12 valence electrons. The van der Waals surface area contributed by atoms with Crippen LogP contribution in [0.25, 0.3) is 0 Å². The van der Waals surface area contributed by atoms with Crippen LogP contribution in [0.15, 0.2) is 0 Å². The molecule has 4 heavy (non-hydrogen) atoms. The zero-order chi connectivity index (χ0) is 0. The van der Waals surface area contributed by atoms with E-state index in [0.717, 1.165) is 0 Å². The maximum Gasteiger partial charge on any atom is 0 e. The standard InChI is InChI=1S/2Al.Cd.Sn. The average molecular weight is 285 g/mol. The first-order valence-corrected chi connectivity index (χ1v) is 0. The number of hydrogen-bond donors (Lipinski definition) is 0. The van der Waals surface area contributed by atoms with Crippen LogP contribution in [0.3, 0.4) is 0 Å². The molecule has 0 fully saturated rings. The quantitative estimate of drug-likeness (QED) is 0.493. The molecule has 0 aromatic heterocycles. The predicted octanol–water partition coefficient (Wildman–Crippen LogP) is -1.14. The van der Waals surface area contributed by atoms with Crippen molar-refractivity contribution in [1.82, 2.24) is 0 Å². The first-order chi connectivity index (χ1) is 0. The van der Waals surface area contributed by atoms with E-state index in [-0.39, 0.29) is 85.9 Å². The fourth-order valence-electron chi connectivity index (χ4n) is 0. The van der Waals surface area contributed by atoms with Crippen LogP contribution in [-0.2, 0) is 27.3 Å². The molecule has 0 amide bonds. The first-order valence-electron chi connectivity index (χ1n) is 0. The zero-order valence-electron chi connectivity index (χ0n) is 2.36. The largest absolute Gasteiger partial charge is 0 e. The van der Waals surface area contributed by atoms with Gasteiger partial charge >= 0.3 is 0 Å². The zero-order valence-corrected chi connectivity index (χ0v) is 11.6. The van der Waals surface area contributed by atoms with E-state index >= 15 is 0 Å². The molecule has 0 unspecified atom stereocenters. The van der Waals surface area contributed by atoms with Gasteiger partial charge in [0.05, 0.1) is 0 Å². The summed E-state index contributed by atoms with van der Waals surface area (Å²) in [6, 6.07) is 0. The summed E-state index contributed by atoms with van der Waals surface area (Å²) in [5, 5.41) is 0. The molecular weight excluding hydrogens is 285 g/mol. The van der Waals surface area contributed by atoms with Gasteiger partial charge in [0, 0.05) is 85.9 Å². The van der Waals surface area contributed by atoms with Gasteiger partial charge in [0.1, 0.15) is 0 Å². The van der Waals surface area contributed by atoms with Gasteiger partial charge in [0.2, 0.25) is 0 Å². The van der Waals surface area contributed by atoms with Crippen LogP contribution in [0.2, 0.25) is 0 Å². The maximum atomic E-state index is 0. The van der Waals surface area contributed by atoms with Gasteiger partial charge in [0.25, 0.3) is 0 Å². The van der Waals surface area contributed by atoms with E-state index in [4.69, 9.17) is 0 Å². The molecule has 10 radical (unpaired) electrons. The van der Waals surface area contributed by atoms with E-state index in [1.807, 2.05) is 0 Å². The second-order valence-corrected chi connectivity index (χ2v) is 0. The molecule has 0 aliphatic rings. The third-order valence-corrected chi connectivity index (χ3v) is 0. The molecule has 4 heteroatoms. The van der Waals surface area contributed by atoms with Crippen molar-refractivity contribution in [3.05, 3.63) is 0 Å². The Hall–Kier alpha value is 2.79. The Bertz CT molecular complexity index is 6.00. The minimum absolute atomic E-state index is 0. The van der Waals surface area contributed by atoms with Crippen LogP contribution in [-0.4, -0.2) is 58.6 Å². The molecule has 0 aromatic rings. The van der Waals surface area contributed by atoms with Crippen molar-refractivity contribution in [2.45, 2.75) is 0 Å². The van der Waals surface area contributed by atoms with Gasteiger partial charge < -0.3 is 0 Å².